The van der Waals surface area contributed by atoms with E-state index >= 15 is 0 Å². The van der Waals surface area contributed by atoms with Crippen LogP contribution in [0.25, 0.3) is 0 Å². The third-order valence-electron chi connectivity index (χ3n) is 6.37. The van der Waals surface area contributed by atoms with Crippen LogP contribution < -0.4 is 4.74 Å². The zero-order valence-electron chi connectivity index (χ0n) is 22.4. The highest BCUT2D eigenvalue weighted by Gasteiger charge is 2.24. The van der Waals surface area contributed by atoms with Gasteiger partial charge in [-0.05, 0) is 55.7 Å². The first-order valence-electron chi connectivity index (χ1n) is 12.8. The number of ether oxygens (including phenoxy) is 2. The van der Waals surface area contributed by atoms with E-state index in [1.807, 2.05) is 73.5 Å². The monoisotopic (exact) mass is 505 g/mol. The molecule has 0 fully saturated rings. The van der Waals surface area contributed by atoms with Crippen LogP contribution in [0.2, 0.25) is 0 Å². The van der Waals surface area contributed by atoms with Gasteiger partial charge in [0.2, 0.25) is 11.8 Å². The highest BCUT2D eigenvalue weighted by Crippen LogP contribution is 2.15. The van der Waals surface area contributed by atoms with Crippen molar-refractivity contribution >= 4 is 11.8 Å². The molecule has 0 saturated heterocycles. The molecule has 3 aromatic rings. The normalized spacial score (nSPS) is 10.9. The predicted octanol–water partition coefficient (Wildman–Crippen LogP) is 4.39. The number of nitrogens with zero attached hydrogens (tertiary/aromatic N) is 3. The van der Waals surface area contributed by atoms with E-state index in [9.17, 15) is 9.59 Å². The third-order valence-corrected chi connectivity index (χ3v) is 6.37. The average molecular weight is 506 g/mol. The summed E-state index contributed by atoms with van der Waals surface area (Å²) in [4.78, 5) is 30.3. The Bertz CT molecular complexity index is 1110. The Morgan fingerprint density at radius 1 is 0.892 bits per heavy atom. The minimum Gasteiger partial charge on any atom is -0.497 e. The number of hydrogen-bond donors (Lipinski definition) is 0. The molecule has 0 bridgehead atoms. The Kier molecular flexibility index (Phi) is 10.8. The van der Waals surface area contributed by atoms with Gasteiger partial charge in [0.05, 0.1) is 26.6 Å². The number of rotatable bonds is 14. The molecule has 0 radical (unpaired) electrons. The van der Waals surface area contributed by atoms with E-state index in [1.165, 1.54) is 5.56 Å². The van der Waals surface area contributed by atoms with Crippen LogP contribution in [0, 0.1) is 0 Å². The van der Waals surface area contributed by atoms with Gasteiger partial charge < -0.3 is 23.8 Å². The van der Waals surface area contributed by atoms with Gasteiger partial charge in [-0.1, -0.05) is 42.5 Å². The molecule has 2 amide bonds. The first-order valence-corrected chi connectivity index (χ1v) is 12.8. The smallest absolute Gasteiger partial charge is 0.242 e. The van der Waals surface area contributed by atoms with Crippen LogP contribution in [-0.2, 0) is 33.8 Å². The quantitative estimate of drug-likeness (QED) is 0.305. The van der Waals surface area contributed by atoms with E-state index in [4.69, 9.17) is 9.47 Å². The Balaban J connectivity index is 1.70. The molecule has 0 N–H and O–H groups in total. The molecule has 1 heterocycles. The van der Waals surface area contributed by atoms with Crippen LogP contribution in [0.15, 0.2) is 72.9 Å². The SMILES string of the molecule is COCCCN(CC(=O)N(Cc1cccn1Cc1ccccc1)C(C)C)C(=O)Cc1ccc(OC)cc1. The lowest BCUT2D eigenvalue weighted by Crippen LogP contribution is -2.46. The molecule has 0 unspecified atom stereocenters. The maximum Gasteiger partial charge on any atom is 0.242 e. The summed E-state index contributed by atoms with van der Waals surface area (Å²) in [6.07, 6.45) is 2.94. The van der Waals surface area contributed by atoms with Crippen molar-refractivity contribution in [2.75, 3.05) is 33.9 Å². The summed E-state index contributed by atoms with van der Waals surface area (Å²) in [7, 11) is 3.25. The molecule has 1 aromatic heterocycles. The number of hydrogen-bond acceptors (Lipinski definition) is 4. The van der Waals surface area contributed by atoms with Crippen molar-refractivity contribution in [2.45, 2.75) is 45.8 Å². The Labute approximate surface area is 220 Å². The second kappa shape index (κ2) is 14.2. The zero-order chi connectivity index (χ0) is 26.6. The van der Waals surface area contributed by atoms with Crippen LogP contribution >= 0.6 is 0 Å². The van der Waals surface area contributed by atoms with E-state index in [0.717, 1.165) is 23.6 Å². The lowest BCUT2D eigenvalue weighted by atomic mass is 10.1. The van der Waals surface area contributed by atoms with E-state index < -0.39 is 0 Å². The van der Waals surface area contributed by atoms with E-state index in [0.29, 0.717) is 26.1 Å². The first kappa shape index (κ1) is 28.0. The molecule has 0 aliphatic heterocycles. The molecule has 0 saturated carbocycles. The van der Waals surface area contributed by atoms with Gasteiger partial charge in [0.1, 0.15) is 5.75 Å². The van der Waals surface area contributed by atoms with Crippen molar-refractivity contribution in [3.8, 4) is 5.75 Å². The highest BCUT2D eigenvalue weighted by atomic mass is 16.5. The maximum absolute atomic E-state index is 13.5. The number of carbonyl (C=O) groups excluding carboxylic acids is 2. The number of amides is 2. The van der Waals surface area contributed by atoms with Crippen molar-refractivity contribution in [3.05, 3.63) is 89.7 Å². The Morgan fingerprint density at radius 3 is 2.27 bits per heavy atom. The topological polar surface area (TPSA) is 64.0 Å². The summed E-state index contributed by atoms with van der Waals surface area (Å²) in [5.74, 6) is 0.599. The van der Waals surface area contributed by atoms with Crippen molar-refractivity contribution in [1.29, 1.82) is 0 Å². The second-order valence-corrected chi connectivity index (χ2v) is 9.41. The summed E-state index contributed by atoms with van der Waals surface area (Å²) in [6.45, 7) is 6.28. The molecule has 0 spiro atoms. The molecule has 3 rings (SSSR count). The third kappa shape index (κ3) is 8.50. The van der Waals surface area contributed by atoms with Gasteiger partial charge in [0.15, 0.2) is 0 Å². The van der Waals surface area contributed by atoms with Crippen LogP contribution in [0.4, 0.5) is 0 Å². The molecule has 37 heavy (non-hydrogen) atoms. The first-order chi connectivity index (χ1) is 17.9. The molecule has 198 valence electrons. The van der Waals surface area contributed by atoms with Crippen molar-refractivity contribution in [1.82, 2.24) is 14.4 Å². The van der Waals surface area contributed by atoms with Crippen LogP contribution in [0.5, 0.6) is 5.75 Å². The van der Waals surface area contributed by atoms with Crippen LogP contribution in [0.1, 0.15) is 37.1 Å². The minimum absolute atomic E-state index is 0.00918. The number of benzene rings is 2. The van der Waals surface area contributed by atoms with Gasteiger partial charge >= 0.3 is 0 Å². The van der Waals surface area contributed by atoms with E-state index in [2.05, 4.69) is 22.8 Å². The van der Waals surface area contributed by atoms with Crippen molar-refractivity contribution < 1.29 is 19.1 Å². The summed E-state index contributed by atoms with van der Waals surface area (Å²) < 4.78 is 12.6. The Hall–Kier alpha value is -3.58. The average Bonchev–Trinajstić information content (AvgIpc) is 3.33. The zero-order valence-corrected chi connectivity index (χ0v) is 22.4. The van der Waals surface area contributed by atoms with Crippen molar-refractivity contribution in [3.63, 3.8) is 0 Å². The summed E-state index contributed by atoms with van der Waals surface area (Å²) in [6, 6.07) is 21.8. The van der Waals surface area contributed by atoms with E-state index in [1.54, 1.807) is 19.1 Å². The fourth-order valence-corrected chi connectivity index (χ4v) is 4.24. The van der Waals surface area contributed by atoms with Crippen molar-refractivity contribution in [2.24, 2.45) is 0 Å². The maximum atomic E-state index is 13.5. The Morgan fingerprint density at radius 2 is 1.62 bits per heavy atom. The molecule has 0 aliphatic rings. The summed E-state index contributed by atoms with van der Waals surface area (Å²) in [5, 5.41) is 0. The lowest BCUT2D eigenvalue weighted by molar-refractivity contribution is -0.141. The molecule has 0 atom stereocenters. The summed E-state index contributed by atoms with van der Waals surface area (Å²) in [5.41, 5.74) is 3.15. The fourth-order valence-electron chi connectivity index (χ4n) is 4.24. The van der Waals surface area contributed by atoms with Gasteiger partial charge in [-0.2, -0.15) is 0 Å². The highest BCUT2D eigenvalue weighted by molar-refractivity contribution is 5.86. The van der Waals surface area contributed by atoms with Gasteiger partial charge in [-0.3, -0.25) is 9.59 Å². The molecular weight excluding hydrogens is 466 g/mol. The van der Waals surface area contributed by atoms with Gasteiger partial charge in [0.25, 0.3) is 0 Å². The van der Waals surface area contributed by atoms with E-state index in [-0.39, 0.29) is 30.8 Å². The van der Waals surface area contributed by atoms with Crippen LogP contribution in [0.3, 0.4) is 0 Å². The summed E-state index contributed by atoms with van der Waals surface area (Å²) >= 11 is 0. The number of carbonyl (C=O) groups is 2. The molecule has 2 aromatic carbocycles. The van der Waals surface area contributed by atoms with Gasteiger partial charge in [-0.15, -0.1) is 0 Å². The van der Waals surface area contributed by atoms with Gasteiger partial charge in [0, 0.05) is 44.7 Å². The predicted molar refractivity (Wildman–Crippen MR) is 145 cm³/mol. The molecular formula is C30H39N3O4. The molecule has 7 heteroatoms. The number of methoxy groups -OCH3 is 2. The number of aromatic nitrogens is 1. The van der Waals surface area contributed by atoms with Crippen LogP contribution in [-0.4, -0.2) is 66.1 Å². The second-order valence-electron chi connectivity index (χ2n) is 9.41. The van der Waals surface area contributed by atoms with Gasteiger partial charge in [-0.25, -0.2) is 0 Å². The molecule has 7 nitrogen and oxygen atoms in total. The standard InChI is InChI=1S/C30H39N3O4/c1-24(2)33(22-27-12-8-17-31(27)21-26-10-6-5-7-11-26)30(35)23-32(18-9-19-36-3)29(34)20-25-13-15-28(37-4)16-14-25/h5-8,10-17,24H,9,18-23H2,1-4H3. The molecule has 0 aliphatic carbocycles. The fraction of sp³-hybridized carbons (Fsp3) is 0.400. The largest absolute Gasteiger partial charge is 0.497 e. The lowest BCUT2D eigenvalue weighted by Gasteiger charge is -2.31. The minimum atomic E-state index is -0.0780.